The Balaban J connectivity index is 2.01. The number of nitrogens with one attached hydrogen (secondary N) is 1. The fraction of sp³-hybridized carbons (Fsp3) is 0.765. The highest BCUT2D eigenvalue weighted by Gasteiger charge is 2.17. The summed E-state index contributed by atoms with van der Waals surface area (Å²) in [6.07, 6.45) is 6.97. The minimum absolute atomic E-state index is 0.468. The summed E-state index contributed by atoms with van der Waals surface area (Å²) < 4.78 is 0. The Hall–Kier alpha value is -0.610. The summed E-state index contributed by atoms with van der Waals surface area (Å²) in [6, 6.07) is 0. The SMILES string of the molecule is CNCC(C)c1c(C)nc(CSC2CCCCC2)nc1C. The van der Waals surface area contributed by atoms with Gasteiger partial charge >= 0.3 is 0 Å². The van der Waals surface area contributed by atoms with E-state index in [1.54, 1.807) is 0 Å². The molecule has 118 valence electrons. The normalized spacial score (nSPS) is 17.9. The van der Waals surface area contributed by atoms with Crippen molar-refractivity contribution >= 4 is 11.8 Å². The quantitative estimate of drug-likeness (QED) is 0.862. The van der Waals surface area contributed by atoms with Crippen molar-refractivity contribution in [3.63, 3.8) is 0 Å². The minimum Gasteiger partial charge on any atom is -0.319 e. The van der Waals surface area contributed by atoms with Gasteiger partial charge in [0.25, 0.3) is 0 Å². The van der Waals surface area contributed by atoms with Crippen molar-refractivity contribution in [3.8, 4) is 0 Å². The van der Waals surface area contributed by atoms with Crippen LogP contribution in [0.1, 0.15) is 67.7 Å². The Kier molecular flexibility index (Phi) is 6.49. The van der Waals surface area contributed by atoms with Crippen LogP contribution in [0.4, 0.5) is 0 Å². The average molecular weight is 308 g/mol. The zero-order valence-electron chi connectivity index (χ0n) is 13.9. The highest BCUT2D eigenvalue weighted by atomic mass is 32.2. The first kappa shape index (κ1) is 16.8. The lowest BCUT2D eigenvalue weighted by molar-refractivity contribution is 0.516. The molecule has 1 aromatic heterocycles. The summed E-state index contributed by atoms with van der Waals surface area (Å²) in [5, 5.41) is 4.07. The fourth-order valence-electron chi connectivity index (χ4n) is 3.40. The molecular formula is C17H29N3S. The van der Waals surface area contributed by atoms with Crippen LogP contribution in [0.2, 0.25) is 0 Å². The van der Waals surface area contributed by atoms with Gasteiger partial charge in [-0.2, -0.15) is 11.8 Å². The Labute approximate surface area is 133 Å². The maximum absolute atomic E-state index is 4.76. The van der Waals surface area contributed by atoms with Gasteiger partial charge in [0.2, 0.25) is 0 Å². The van der Waals surface area contributed by atoms with Crippen molar-refractivity contribution in [2.24, 2.45) is 0 Å². The van der Waals surface area contributed by atoms with Crippen LogP contribution in [0.25, 0.3) is 0 Å². The molecule has 0 bridgehead atoms. The van der Waals surface area contributed by atoms with Crippen LogP contribution >= 0.6 is 11.8 Å². The predicted octanol–water partition coefficient (Wildman–Crippen LogP) is 3.98. The summed E-state index contributed by atoms with van der Waals surface area (Å²) in [6.45, 7) is 7.47. The maximum Gasteiger partial charge on any atom is 0.138 e. The second-order valence-corrected chi connectivity index (χ2v) is 7.54. The molecule has 1 saturated carbocycles. The van der Waals surface area contributed by atoms with E-state index in [1.807, 2.05) is 7.05 Å². The van der Waals surface area contributed by atoms with Crippen LogP contribution in [-0.4, -0.2) is 28.8 Å². The average Bonchev–Trinajstić information content (AvgIpc) is 2.46. The summed E-state index contributed by atoms with van der Waals surface area (Å²) >= 11 is 2.06. The van der Waals surface area contributed by atoms with E-state index in [1.165, 1.54) is 37.7 Å². The lowest BCUT2D eigenvalue weighted by atomic mass is 9.98. The number of hydrogen-bond acceptors (Lipinski definition) is 4. The van der Waals surface area contributed by atoms with Gasteiger partial charge in [-0.15, -0.1) is 0 Å². The third-order valence-corrected chi connectivity index (χ3v) is 5.74. The number of aryl methyl sites for hydroxylation is 2. The molecule has 0 amide bonds. The van der Waals surface area contributed by atoms with Gasteiger partial charge in [0.1, 0.15) is 5.82 Å². The molecule has 2 rings (SSSR count). The molecule has 0 radical (unpaired) electrons. The van der Waals surface area contributed by atoms with Gasteiger partial charge in [-0.05, 0) is 45.2 Å². The highest BCUT2D eigenvalue weighted by molar-refractivity contribution is 7.99. The zero-order valence-corrected chi connectivity index (χ0v) is 14.7. The van der Waals surface area contributed by atoms with E-state index in [4.69, 9.17) is 9.97 Å². The molecule has 1 aliphatic rings. The smallest absolute Gasteiger partial charge is 0.138 e. The second-order valence-electron chi connectivity index (χ2n) is 6.25. The first-order valence-corrected chi connectivity index (χ1v) is 9.27. The molecule has 21 heavy (non-hydrogen) atoms. The molecule has 1 fully saturated rings. The van der Waals surface area contributed by atoms with Gasteiger partial charge in [-0.25, -0.2) is 9.97 Å². The van der Waals surface area contributed by atoms with E-state index in [2.05, 4.69) is 37.8 Å². The first-order chi connectivity index (χ1) is 10.1. The van der Waals surface area contributed by atoms with Gasteiger partial charge in [0, 0.05) is 23.2 Å². The molecule has 3 nitrogen and oxygen atoms in total. The molecule has 1 atom stereocenters. The van der Waals surface area contributed by atoms with Gasteiger partial charge in [0.05, 0.1) is 5.75 Å². The second kappa shape index (κ2) is 8.14. The molecule has 0 aliphatic heterocycles. The Morgan fingerprint density at radius 2 is 1.76 bits per heavy atom. The van der Waals surface area contributed by atoms with E-state index >= 15 is 0 Å². The van der Waals surface area contributed by atoms with Crippen molar-refractivity contribution in [2.45, 2.75) is 69.8 Å². The van der Waals surface area contributed by atoms with E-state index in [0.29, 0.717) is 5.92 Å². The molecule has 0 aromatic carbocycles. The van der Waals surface area contributed by atoms with Crippen LogP contribution < -0.4 is 5.32 Å². The predicted molar refractivity (Wildman–Crippen MR) is 92.0 cm³/mol. The number of hydrogen-bond donors (Lipinski definition) is 1. The van der Waals surface area contributed by atoms with Gasteiger partial charge < -0.3 is 5.32 Å². The molecule has 1 heterocycles. The molecule has 0 saturated heterocycles. The van der Waals surface area contributed by atoms with Crippen molar-refractivity contribution in [1.82, 2.24) is 15.3 Å². The topological polar surface area (TPSA) is 37.8 Å². The van der Waals surface area contributed by atoms with Crippen molar-refractivity contribution in [3.05, 3.63) is 22.8 Å². The third-order valence-electron chi connectivity index (χ3n) is 4.38. The highest BCUT2D eigenvalue weighted by Crippen LogP contribution is 2.30. The van der Waals surface area contributed by atoms with Crippen LogP contribution in [0.3, 0.4) is 0 Å². The van der Waals surface area contributed by atoms with Crippen LogP contribution in [0, 0.1) is 13.8 Å². The van der Waals surface area contributed by atoms with E-state index in [-0.39, 0.29) is 0 Å². The molecule has 4 heteroatoms. The van der Waals surface area contributed by atoms with E-state index in [9.17, 15) is 0 Å². The lowest BCUT2D eigenvalue weighted by Crippen LogP contribution is -2.18. The monoisotopic (exact) mass is 307 g/mol. The summed E-state index contributed by atoms with van der Waals surface area (Å²) in [5.74, 6) is 2.45. The number of thioether (sulfide) groups is 1. The molecule has 0 spiro atoms. The van der Waals surface area contributed by atoms with Crippen molar-refractivity contribution in [1.29, 1.82) is 0 Å². The van der Waals surface area contributed by atoms with Crippen LogP contribution in [-0.2, 0) is 5.75 Å². The van der Waals surface area contributed by atoms with Crippen molar-refractivity contribution in [2.75, 3.05) is 13.6 Å². The third kappa shape index (κ3) is 4.68. The van der Waals surface area contributed by atoms with E-state index < -0.39 is 0 Å². The zero-order chi connectivity index (χ0) is 15.2. The van der Waals surface area contributed by atoms with Crippen LogP contribution in [0.15, 0.2) is 0 Å². The molecule has 1 unspecified atom stereocenters. The molecule has 1 aliphatic carbocycles. The molecule has 1 N–H and O–H groups in total. The Morgan fingerprint density at radius 1 is 1.14 bits per heavy atom. The van der Waals surface area contributed by atoms with Gasteiger partial charge in [-0.3, -0.25) is 0 Å². The number of nitrogens with zero attached hydrogens (tertiary/aromatic N) is 2. The minimum atomic E-state index is 0.468. The van der Waals surface area contributed by atoms with E-state index in [0.717, 1.165) is 34.8 Å². The number of rotatable bonds is 6. The molecule has 1 aromatic rings. The maximum atomic E-state index is 4.76. The summed E-state index contributed by atoms with van der Waals surface area (Å²) in [7, 11) is 2.00. The van der Waals surface area contributed by atoms with Gasteiger partial charge in [0.15, 0.2) is 0 Å². The summed E-state index contributed by atoms with van der Waals surface area (Å²) in [4.78, 5) is 9.52. The number of likely N-dealkylation sites (N-methyl/N-ethyl adjacent to an activating group) is 1. The largest absolute Gasteiger partial charge is 0.319 e. The fourth-order valence-corrected chi connectivity index (χ4v) is 4.59. The standard InChI is InChI=1S/C17H29N3S/c1-12(10-18-4)17-13(2)19-16(20-14(17)3)11-21-15-8-6-5-7-9-15/h12,15,18H,5-11H2,1-4H3. The summed E-state index contributed by atoms with van der Waals surface area (Å²) in [5.41, 5.74) is 3.63. The Bertz CT molecular complexity index is 432. The van der Waals surface area contributed by atoms with Gasteiger partial charge in [-0.1, -0.05) is 26.2 Å². The lowest BCUT2D eigenvalue weighted by Gasteiger charge is -2.21. The van der Waals surface area contributed by atoms with Crippen molar-refractivity contribution < 1.29 is 0 Å². The van der Waals surface area contributed by atoms with Crippen LogP contribution in [0.5, 0.6) is 0 Å². The Morgan fingerprint density at radius 3 is 2.33 bits per heavy atom. The first-order valence-electron chi connectivity index (χ1n) is 8.22. The number of aromatic nitrogens is 2. The molecular weight excluding hydrogens is 278 g/mol.